The fourth-order valence-electron chi connectivity index (χ4n) is 1.63. The van der Waals surface area contributed by atoms with Crippen LogP contribution in [0.25, 0.3) is 0 Å². The molecule has 0 aromatic heterocycles. The summed E-state index contributed by atoms with van der Waals surface area (Å²) < 4.78 is 19.9. The number of halogens is 1. The molecule has 0 unspecified atom stereocenters. The Labute approximate surface area is 102 Å². The third kappa shape index (κ3) is 5.25. The molecule has 2 nitrogen and oxygen atoms in total. The molecule has 1 heterocycles. The van der Waals surface area contributed by atoms with Crippen LogP contribution in [0.15, 0.2) is 0 Å². The summed E-state index contributed by atoms with van der Waals surface area (Å²) in [5, 5.41) is 0. The molecular weight excluding hydrogens is 232 g/mol. The number of rotatable bonds is 3. The normalized spacial score (nSPS) is 20.3. The van der Waals surface area contributed by atoms with Crippen molar-refractivity contribution in [3.8, 4) is 0 Å². The van der Waals surface area contributed by atoms with Gasteiger partial charge in [0.15, 0.2) is 0 Å². The molecule has 1 rings (SSSR count). The third-order valence-electron chi connectivity index (χ3n) is 2.52. The van der Waals surface area contributed by atoms with Gasteiger partial charge in [0.2, 0.25) is 0 Å². The van der Waals surface area contributed by atoms with Gasteiger partial charge in [-0.1, -0.05) is 13.8 Å². The van der Waals surface area contributed by atoms with Gasteiger partial charge >= 0.3 is 87.6 Å². The summed E-state index contributed by atoms with van der Waals surface area (Å²) >= 11 is 2.51. The molecule has 0 atom stereocenters. The summed E-state index contributed by atoms with van der Waals surface area (Å²) in [6, 6.07) is 0. The molecule has 0 aromatic carbocycles. The van der Waals surface area contributed by atoms with E-state index in [2.05, 4.69) is 21.9 Å². The van der Waals surface area contributed by atoms with E-state index in [0.29, 0.717) is 12.8 Å². The van der Waals surface area contributed by atoms with Gasteiger partial charge in [0.1, 0.15) is 0 Å². The molecule has 15 heavy (non-hydrogen) atoms. The predicted molar refractivity (Wildman–Crippen MR) is 58.6 cm³/mol. The van der Waals surface area contributed by atoms with Crippen molar-refractivity contribution in [1.29, 1.82) is 0 Å². The monoisotopic (exact) mass is 254 g/mol. The Balaban J connectivity index is 0.000000921. The molecule has 0 bridgehead atoms. The fourth-order valence-corrected chi connectivity index (χ4v) is 1.95. The molecule has 0 aromatic rings. The number of ether oxygens (including phenoxy) is 1. The van der Waals surface area contributed by atoms with E-state index < -0.39 is 5.67 Å². The molecule has 0 saturated carbocycles. The van der Waals surface area contributed by atoms with Gasteiger partial charge in [-0.25, -0.2) is 0 Å². The Morgan fingerprint density at radius 1 is 1.40 bits per heavy atom. The van der Waals surface area contributed by atoms with Gasteiger partial charge in [0.25, 0.3) is 0 Å². The first-order valence-corrected chi connectivity index (χ1v) is 6.22. The molecule has 1 saturated heterocycles. The molecule has 0 aliphatic carbocycles. The van der Waals surface area contributed by atoms with E-state index in [0.717, 1.165) is 13.1 Å². The van der Waals surface area contributed by atoms with Gasteiger partial charge in [0, 0.05) is 0 Å². The van der Waals surface area contributed by atoms with Gasteiger partial charge in [-0.3, -0.25) is 0 Å². The van der Waals surface area contributed by atoms with E-state index in [1.807, 2.05) is 20.8 Å². The summed E-state index contributed by atoms with van der Waals surface area (Å²) in [5.74, 6) is 0. The van der Waals surface area contributed by atoms with Crippen molar-refractivity contribution in [1.82, 2.24) is 4.90 Å². The van der Waals surface area contributed by atoms with Crippen LogP contribution in [0.3, 0.4) is 0 Å². The zero-order valence-corrected chi connectivity index (χ0v) is 11.6. The molecular formula is C11H22FNOV. The number of methoxy groups -OCH3 is 1. The first-order chi connectivity index (χ1) is 7.07. The molecule has 1 aliphatic heterocycles. The number of likely N-dealkylation sites (tertiary alicyclic amines) is 1. The van der Waals surface area contributed by atoms with E-state index in [4.69, 9.17) is 4.74 Å². The maximum absolute atomic E-state index is 13.8. The Bertz CT molecular complexity index is 191. The summed E-state index contributed by atoms with van der Waals surface area (Å²) in [4.78, 5) is 2.20. The van der Waals surface area contributed by atoms with Crippen LogP contribution in [0.1, 0.15) is 33.6 Å². The average molecular weight is 254 g/mol. The van der Waals surface area contributed by atoms with Crippen LogP contribution in [0, 0.1) is 0 Å². The number of nitrogens with zero attached hydrogens (tertiary/aromatic N) is 1. The Morgan fingerprint density at radius 2 is 1.87 bits per heavy atom. The van der Waals surface area contributed by atoms with Gasteiger partial charge in [-0.15, -0.1) is 0 Å². The van der Waals surface area contributed by atoms with Crippen LogP contribution in [0.4, 0.5) is 4.39 Å². The topological polar surface area (TPSA) is 12.5 Å². The predicted octanol–water partition coefficient (Wildman–Crippen LogP) is 2.16. The van der Waals surface area contributed by atoms with Crippen molar-refractivity contribution in [3.05, 3.63) is 0 Å². The number of hydrogen-bond acceptors (Lipinski definition) is 2. The molecule has 0 N–H and O–H groups in total. The van der Waals surface area contributed by atoms with Crippen molar-refractivity contribution in [2.75, 3.05) is 26.8 Å². The van der Waals surface area contributed by atoms with Crippen molar-refractivity contribution in [3.63, 3.8) is 0 Å². The van der Waals surface area contributed by atoms with Crippen molar-refractivity contribution >= 4 is 4.35 Å². The zero-order valence-electron chi connectivity index (χ0n) is 10.2. The van der Waals surface area contributed by atoms with Crippen LogP contribution < -0.4 is 0 Å². The Kier molecular flexibility index (Phi) is 7.71. The molecule has 0 spiro atoms. The van der Waals surface area contributed by atoms with Gasteiger partial charge in [0.05, 0.1) is 0 Å². The van der Waals surface area contributed by atoms with Gasteiger partial charge < -0.3 is 0 Å². The van der Waals surface area contributed by atoms with E-state index >= 15 is 0 Å². The standard InChI is InChI=1S/C9H16FNO.C2H6.V/c1-3-11-6-4-9(10,5-7-11)8-12-2;1-2;/h4-8H2,1-2H3;1-2H3;. The summed E-state index contributed by atoms with van der Waals surface area (Å²) in [6.07, 6.45) is 1.16. The maximum atomic E-state index is 13.8. The first-order valence-electron chi connectivity index (χ1n) is 5.53. The Morgan fingerprint density at radius 3 is 2.20 bits per heavy atom. The van der Waals surface area contributed by atoms with Crippen molar-refractivity contribution < 1.29 is 26.1 Å². The van der Waals surface area contributed by atoms with E-state index in [-0.39, 0.29) is 6.61 Å². The quantitative estimate of drug-likeness (QED) is 0.765. The molecule has 0 amide bonds. The SMILES string of the molecule is CC.COCC1(F)CCN([C](C)=[V])CC1. The van der Waals surface area contributed by atoms with Crippen LogP contribution in [-0.2, 0) is 21.7 Å². The third-order valence-corrected chi connectivity index (χ3v) is 2.96. The second-order valence-corrected chi connectivity index (χ2v) is 4.63. The van der Waals surface area contributed by atoms with Gasteiger partial charge in [-0.05, 0) is 0 Å². The molecule has 89 valence electrons. The van der Waals surface area contributed by atoms with Crippen molar-refractivity contribution in [2.24, 2.45) is 0 Å². The molecule has 1 fully saturated rings. The van der Waals surface area contributed by atoms with Crippen LogP contribution in [0.2, 0.25) is 0 Å². The average Bonchev–Trinajstić information content (AvgIpc) is 2.21. The zero-order chi connectivity index (χ0) is 11.9. The second kappa shape index (κ2) is 7.56. The van der Waals surface area contributed by atoms with Crippen LogP contribution >= 0.6 is 0 Å². The van der Waals surface area contributed by atoms with E-state index in [9.17, 15) is 4.39 Å². The summed E-state index contributed by atoms with van der Waals surface area (Å²) in [7, 11) is 1.56. The van der Waals surface area contributed by atoms with Crippen LogP contribution in [-0.4, -0.2) is 41.7 Å². The molecule has 1 aliphatic rings. The molecule has 4 heteroatoms. The van der Waals surface area contributed by atoms with E-state index in [1.54, 1.807) is 7.11 Å². The van der Waals surface area contributed by atoms with Gasteiger partial charge in [-0.2, -0.15) is 0 Å². The second-order valence-electron chi connectivity index (χ2n) is 3.62. The van der Waals surface area contributed by atoms with Crippen LogP contribution in [0.5, 0.6) is 0 Å². The summed E-state index contributed by atoms with van der Waals surface area (Å²) in [6.45, 7) is 7.89. The number of piperidine rings is 1. The number of hydrogen-bond donors (Lipinski definition) is 0. The molecule has 0 radical (unpaired) electrons. The van der Waals surface area contributed by atoms with Crippen molar-refractivity contribution in [2.45, 2.75) is 39.3 Å². The number of alkyl halides is 1. The Hall–Kier alpha value is 0.304. The van der Waals surface area contributed by atoms with E-state index in [1.165, 1.54) is 4.35 Å². The first kappa shape index (κ1) is 15.3. The minimum absolute atomic E-state index is 0.235. The summed E-state index contributed by atoms with van der Waals surface area (Å²) in [5.41, 5.74) is -1.09. The fraction of sp³-hybridized carbons (Fsp3) is 0.909. The minimum atomic E-state index is -1.09.